The lowest BCUT2D eigenvalue weighted by Gasteiger charge is -2.05. The molecule has 1 heterocycles. The summed E-state index contributed by atoms with van der Waals surface area (Å²) in [4.78, 5) is 24.2. The minimum Gasteiger partial charge on any atom is -0.454 e. The number of Topliss-reactive ketones (excluding diaryl/α,β-unsaturated/α-hetero) is 1. The molecule has 5 nitrogen and oxygen atoms in total. The molecule has 0 radical (unpaired) electrons. The van der Waals surface area contributed by atoms with Gasteiger partial charge in [-0.3, -0.25) is 4.79 Å². The summed E-state index contributed by atoms with van der Waals surface area (Å²) in [5.41, 5.74) is 3.36. The maximum atomic E-state index is 12.3. The average molecular weight is 386 g/mol. The highest BCUT2D eigenvalue weighted by molar-refractivity contribution is 5.99. The minimum atomic E-state index is -0.586. The van der Waals surface area contributed by atoms with Crippen LogP contribution in [0.25, 0.3) is 17.2 Å². The van der Waals surface area contributed by atoms with Crippen molar-refractivity contribution >= 4 is 17.8 Å². The molecule has 1 aliphatic rings. The summed E-state index contributed by atoms with van der Waals surface area (Å²) in [6.07, 6.45) is 2.88. The quantitative estimate of drug-likeness (QED) is 0.354. The van der Waals surface area contributed by atoms with Crippen LogP contribution in [0.5, 0.6) is 11.5 Å². The second kappa shape index (κ2) is 8.44. The fraction of sp³-hybridized carbons (Fsp3) is 0.0833. The van der Waals surface area contributed by atoms with Crippen LogP contribution in [0.3, 0.4) is 0 Å². The number of carbonyl (C=O) groups excluding carboxylic acids is 2. The van der Waals surface area contributed by atoms with E-state index in [1.165, 1.54) is 6.08 Å². The van der Waals surface area contributed by atoms with Gasteiger partial charge in [0.2, 0.25) is 6.79 Å². The summed E-state index contributed by atoms with van der Waals surface area (Å²) >= 11 is 0. The van der Waals surface area contributed by atoms with Crippen molar-refractivity contribution < 1.29 is 23.8 Å². The van der Waals surface area contributed by atoms with E-state index in [1.807, 2.05) is 42.5 Å². The van der Waals surface area contributed by atoms with Crippen LogP contribution in [0.2, 0.25) is 0 Å². The normalized spacial score (nSPS) is 12.1. The summed E-state index contributed by atoms with van der Waals surface area (Å²) in [6, 6.07) is 22.5. The number of ketones is 1. The lowest BCUT2D eigenvalue weighted by Crippen LogP contribution is -2.12. The SMILES string of the molecule is O=C(C=Cc1ccc2c(c1)OCO2)OCC(=O)c1ccc(-c2ccccc2)cc1. The molecule has 0 unspecified atom stereocenters. The summed E-state index contributed by atoms with van der Waals surface area (Å²) < 4.78 is 15.6. The molecule has 3 aromatic rings. The number of rotatable bonds is 6. The summed E-state index contributed by atoms with van der Waals surface area (Å²) in [5.74, 6) is 0.467. The Kier molecular flexibility index (Phi) is 5.38. The Hall–Kier alpha value is -3.86. The third kappa shape index (κ3) is 4.52. The number of ether oxygens (including phenoxy) is 3. The topological polar surface area (TPSA) is 61.8 Å². The van der Waals surface area contributed by atoms with Gasteiger partial charge in [0.15, 0.2) is 23.9 Å². The van der Waals surface area contributed by atoms with E-state index in [0.29, 0.717) is 17.1 Å². The van der Waals surface area contributed by atoms with Crippen molar-refractivity contribution in [2.45, 2.75) is 0 Å². The fourth-order valence-corrected chi connectivity index (χ4v) is 2.93. The highest BCUT2D eigenvalue weighted by atomic mass is 16.7. The van der Waals surface area contributed by atoms with E-state index >= 15 is 0 Å². The van der Waals surface area contributed by atoms with Crippen molar-refractivity contribution in [2.75, 3.05) is 13.4 Å². The predicted molar refractivity (Wildman–Crippen MR) is 109 cm³/mol. The molecule has 1 aliphatic heterocycles. The molecule has 0 N–H and O–H groups in total. The van der Waals surface area contributed by atoms with Crippen LogP contribution in [-0.4, -0.2) is 25.2 Å². The Bertz CT molecular complexity index is 1050. The highest BCUT2D eigenvalue weighted by Crippen LogP contribution is 2.32. The second-order valence-corrected chi connectivity index (χ2v) is 6.42. The Labute approximate surface area is 168 Å². The number of carbonyl (C=O) groups is 2. The van der Waals surface area contributed by atoms with Gasteiger partial charge >= 0.3 is 5.97 Å². The van der Waals surface area contributed by atoms with E-state index in [4.69, 9.17) is 14.2 Å². The van der Waals surface area contributed by atoms with E-state index in [-0.39, 0.29) is 19.2 Å². The maximum absolute atomic E-state index is 12.3. The van der Waals surface area contributed by atoms with Crippen molar-refractivity contribution in [3.63, 3.8) is 0 Å². The third-order valence-corrected chi connectivity index (χ3v) is 4.47. The summed E-state index contributed by atoms with van der Waals surface area (Å²) in [7, 11) is 0. The minimum absolute atomic E-state index is 0.193. The lowest BCUT2D eigenvalue weighted by atomic mass is 10.0. The van der Waals surface area contributed by atoms with Gasteiger partial charge in [-0.05, 0) is 34.9 Å². The van der Waals surface area contributed by atoms with Crippen LogP contribution in [0.15, 0.2) is 78.9 Å². The first-order chi connectivity index (χ1) is 14.2. The van der Waals surface area contributed by atoms with E-state index in [9.17, 15) is 9.59 Å². The zero-order valence-electron chi connectivity index (χ0n) is 15.5. The number of hydrogen-bond acceptors (Lipinski definition) is 5. The van der Waals surface area contributed by atoms with Crippen molar-refractivity contribution in [2.24, 2.45) is 0 Å². The molecule has 0 saturated carbocycles. The molecule has 0 bridgehead atoms. The molecular weight excluding hydrogens is 368 g/mol. The fourth-order valence-electron chi connectivity index (χ4n) is 2.93. The van der Waals surface area contributed by atoms with E-state index in [0.717, 1.165) is 16.7 Å². The van der Waals surface area contributed by atoms with Crippen LogP contribution < -0.4 is 9.47 Å². The van der Waals surface area contributed by atoms with Gasteiger partial charge in [0, 0.05) is 11.6 Å². The summed E-state index contributed by atoms with van der Waals surface area (Å²) in [6.45, 7) is -0.117. The van der Waals surface area contributed by atoms with Gasteiger partial charge in [0.1, 0.15) is 0 Å². The maximum Gasteiger partial charge on any atom is 0.331 e. The van der Waals surface area contributed by atoms with E-state index < -0.39 is 5.97 Å². The van der Waals surface area contributed by atoms with Gasteiger partial charge in [-0.15, -0.1) is 0 Å². The Balaban J connectivity index is 1.31. The third-order valence-electron chi connectivity index (χ3n) is 4.47. The molecule has 0 saturated heterocycles. The molecule has 0 atom stereocenters. The number of esters is 1. The summed E-state index contributed by atoms with van der Waals surface area (Å²) in [5, 5.41) is 0. The predicted octanol–water partition coefficient (Wildman–Crippen LogP) is 4.52. The van der Waals surface area contributed by atoms with Crippen molar-refractivity contribution in [1.29, 1.82) is 0 Å². The molecule has 4 rings (SSSR count). The van der Waals surface area contributed by atoms with Crippen LogP contribution in [0.4, 0.5) is 0 Å². The van der Waals surface area contributed by atoms with Crippen LogP contribution in [-0.2, 0) is 9.53 Å². The molecule has 0 amide bonds. The van der Waals surface area contributed by atoms with Crippen LogP contribution in [0, 0.1) is 0 Å². The molecule has 0 fully saturated rings. The van der Waals surface area contributed by atoms with Gasteiger partial charge in [-0.2, -0.15) is 0 Å². The molecule has 3 aromatic carbocycles. The first-order valence-corrected chi connectivity index (χ1v) is 9.12. The first kappa shape index (κ1) is 18.5. The largest absolute Gasteiger partial charge is 0.454 e. The van der Waals surface area contributed by atoms with Crippen molar-refractivity contribution in [1.82, 2.24) is 0 Å². The van der Waals surface area contributed by atoms with Gasteiger partial charge in [0.25, 0.3) is 0 Å². The van der Waals surface area contributed by atoms with Gasteiger partial charge in [-0.1, -0.05) is 60.7 Å². The molecular formula is C24H18O5. The highest BCUT2D eigenvalue weighted by Gasteiger charge is 2.13. The van der Waals surface area contributed by atoms with Gasteiger partial charge < -0.3 is 14.2 Å². The first-order valence-electron chi connectivity index (χ1n) is 9.12. The van der Waals surface area contributed by atoms with Crippen LogP contribution in [0.1, 0.15) is 15.9 Å². The molecule has 29 heavy (non-hydrogen) atoms. The van der Waals surface area contributed by atoms with Crippen molar-refractivity contribution in [3.8, 4) is 22.6 Å². The molecule has 5 heteroatoms. The van der Waals surface area contributed by atoms with Crippen LogP contribution >= 0.6 is 0 Å². The van der Waals surface area contributed by atoms with E-state index in [2.05, 4.69) is 0 Å². The second-order valence-electron chi connectivity index (χ2n) is 6.42. The Morgan fingerprint density at radius 1 is 0.862 bits per heavy atom. The zero-order valence-corrected chi connectivity index (χ0v) is 15.5. The standard InChI is InChI=1S/C24H18O5/c25-21(20-10-8-19(9-11-20)18-4-2-1-3-5-18)15-27-24(26)13-7-17-6-12-22-23(14-17)29-16-28-22/h1-14H,15-16H2. The number of hydrogen-bond donors (Lipinski definition) is 0. The molecule has 0 aromatic heterocycles. The van der Waals surface area contributed by atoms with E-state index in [1.54, 1.807) is 36.4 Å². The smallest absolute Gasteiger partial charge is 0.331 e. The van der Waals surface area contributed by atoms with Gasteiger partial charge in [0.05, 0.1) is 0 Å². The lowest BCUT2D eigenvalue weighted by molar-refractivity contribution is -0.136. The molecule has 0 spiro atoms. The molecule has 0 aliphatic carbocycles. The Morgan fingerprint density at radius 2 is 1.59 bits per heavy atom. The Morgan fingerprint density at radius 3 is 2.38 bits per heavy atom. The zero-order chi connectivity index (χ0) is 20.1. The van der Waals surface area contributed by atoms with Crippen molar-refractivity contribution in [3.05, 3.63) is 90.0 Å². The molecule has 144 valence electrons. The van der Waals surface area contributed by atoms with Gasteiger partial charge in [-0.25, -0.2) is 4.79 Å². The number of benzene rings is 3. The number of fused-ring (bicyclic) bond motifs is 1. The monoisotopic (exact) mass is 386 g/mol. The average Bonchev–Trinajstić information content (AvgIpc) is 3.24.